The fraction of sp³-hybridized carbons (Fsp3) is 0. The Balaban J connectivity index is 1.20. The van der Waals surface area contributed by atoms with E-state index in [9.17, 15) is 0 Å². The van der Waals surface area contributed by atoms with Crippen molar-refractivity contribution in [2.24, 2.45) is 0 Å². The average Bonchev–Trinajstić information content (AvgIpc) is 3.48. The molecular weight excluding hydrogens is 585 g/mol. The van der Waals surface area contributed by atoms with Crippen LogP contribution in [0.4, 0.5) is 0 Å². The predicted molar refractivity (Wildman–Crippen MR) is 198 cm³/mol. The average molecular weight is 609 g/mol. The fourth-order valence-corrected chi connectivity index (χ4v) is 7.86. The summed E-state index contributed by atoms with van der Waals surface area (Å²) in [6.07, 6.45) is 0. The van der Waals surface area contributed by atoms with Crippen LogP contribution in [0.2, 0.25) is 0 Å². The summed E-state index contributed by atoms with van der Waals surface area (Å²) in [6, 6.07) is 51.6. The van der Waals surface area contributed by atoms with E-state index in [2.05, 4.69) is 146 Å². The number of fused-ring (bicyclic) bond motifs is 12. The Labute approximate surface area is 275 Å². The Kier molecular flexibility index (Phi) is 5.08. The molecule has 220 valence electrons. The molecule has 8 aromatic carbocycles. The lowest BCUT2D eigenvalue weighted by atomic mass is 9.93. The van der Waals surface area contributed by atoms with Gasteiger partial charge in [0.05, 0.1) is 16.8 Å². The minimum absolute atomic E-state index is 0.659. The molecule has 2 heterocycles. The fourth-order valence-electron chi connectivity index (χ4n) is 7.86. The normalized spacial score (nSPS) is 12.2. The zero-order valence-electron chi connectivity index (χ0n) is 25.6. The molecule has 0 radical (unpaired) electrons. The van der Waals surface area contributed by atoms with E-state index in [1.54, 1.807) is 0 Å². The zero-order valence-corrected chi connectivity index (χ0v) is 25.6. The molecule has 0 N–H and O–H groups in total. The molecule has 11 rings (SSSR count). The number of hydrogen-bond acceptors (Lipinski definition) is 4. The molecule has 0 amide bonds. The molecule has 4 nitrogen and oxygen atoms in total. The van der Waals surface area contributed by atoms with Crippen molar-refractivity contribution in [1.29, 1.82) is 0 Å². The van der Waals surface area contributed by atoms with Crippen LogP contribution in [0.3, 0.4) is 0 Å². The number of nitrogens with zero attached hydrogens (tertiary/aromatic N) is 4. The second-order valence-electron chi connectivity index (χ2n) is 12.6. The lowest BCUT2D eigenvalue weighted by Crippen LogP contribution is -1.99. The molecule has 10 aromatic rings. The summed E-state index contributed by atoms with van der Waals surface area (Å²) in [6.45, 7) is 0. The number of hydrogen-bond donors (Lipinski definition) is 0. The molecule has 2 aromatic heterocycles. The van der Waals surface area contributed by atoms with Crippen molar-refractivity contribution in [2.75, 3.05) is 0 Å². The molecule has 0 aliphatic heterocycles. The highest BCUT2D eigenvalue weighted by atomic mass is 15.0. The van der Waals surface area contributed by atoms with Gasteiger partial charge in [0.2, 0.25) is 0 Å². The highest BCUT2D eigenvalue weighted by molar-refractivity contribution is 6.26. The van der Waals surface area contributed by atoms with Gasteiger partial charge in [-0.2, -0.15) is 0 Å². The van der Waals surface area contributed by atoms with Crippen LogP contribution in [-0.2, 0) is 0 Å². The van der Waals surface area contributed by atoms with Gasteiger partial charge in [-0.3, -0.25) is 0 Å². The number of rotatable bonds is 2. The lowest BCUT2D eigenvalue weighted by Gasteiger charge is -2.13. The van der Waals surface area contributed by atoms with Gasteiger partial charge in [0, 0.05) is 22.3 Å². The molecule has 0 bridgehead atoms. The van der Waals surface area contributed by atoms with Gasteiger partial charge in [0.25, 0.3) is 0 Å². The van der Waals surface area contributed by atoms with Crippen molar-refractivity contribution in [3.63, 3.8) is 0 Å². The molecule has 0 unspecified atom stereocenters. The van der Waals surface area contributed by atoms with Gasteiger partial charge >= 0.3 is 0 Å². The van der Waals surface area contributed by atoms with Crippen LogP contribution in [0, 0.1) is 0 Å². The van der Waals surface area contributed by atoms with Crippen molar-refractivity contribution < 1.29 is 0 Å². The molecule has 4 heteroatoms. The maximum absolute atomic E-state index is 5.26. The monoisotopic (exact) mass is 608 g/mol. The number of aromatic nitrogens is 4. The van der Waals surface area contributed by atoms with Crippen molar-refractivity contribution in [3.8, 4) is 45.3 Å². The summed E-state index contributed by atoms with van der Waals surface area (Å²) in [5.41, 5.74) is 6.52. The summed E-state index contributed by atoms with van der Waals surface area (Å²) in [4.78, 5) is 20.9. The highest BCUT2D eigenvalue weighted by Gasteiger charge is 2.28. The Morgan fingerprint density at radius 2 is 0.792 bits per heavy atom. The molecule has 48 heavy (non-hydrogen) atoms. The van der Waals surface area contributed by atoms with Crippen LogP contribution < -0.4 is 0 Å². The van der Waals surface area contributed by atoms with Crippen molar-refractivity contribution in [2.45, 2.75) is 0 Å². The van der Waals surface area contributed by atoms with Crippen LogP contribution in [0.25, 0.3) is 110 Å². The van der Waals surface area contributed by atoms with Gasteiger partial charge in [0.1, 0.15) is 0 Å². The Bertz CT molecular complexity index is 2980. The third-order valence-corrected chi connectivity index (χ3v) is 10.0. The van der Waals surface area contributed by atoms with Gasteiger partial charge < -0.3 is 0 Å². The molecular formula is C44H24N4. The third-order valence-electron chi connectivity index (χ3n) is 10.0. The summed E-state index contributed by atoms with van der Waals surface area (Å²) < 4.78 is 0. The first kappa shape index (κ1) is 25.6. The number of benzene rings is 8. The van der Waals surface area contributed by atoms with Gasteiger partial charge in [0.15, 0.2) is 17.3 Å². The summed E-state index contributed by atoms with van der Waals surface area (Å²) in [7, 11) is 0. The standard InChI is InChI=1S/C44H24N4/c1-2-12-27-25(11-1)23-38(33-18-8-3-13-28(27)33)43-46-41-36-20-10-9-19-35(36)40-39(41)44(48-43)47-42(45-40)26-21-22-34-31-16-5-4-14-29(31)30-15-6-7-17-32(30)37(34)24-26/h1-24H. The minimum Gasteiger partial charge on any atom is -0.227 e. The van der Waals surface area contributed by atoms with Crippen LogP contribution in [0.1, 0.15) is 0 Å². The van der Waals surface area contributed by atoms with Crippen molar-refractivity contribution >= 4 is 64.9 Å². The van der Waals surface area contributed by atoms with E-state index in [0.717, 1.165) is 49.8 Å². The first-order valence-electron chi connectivity index (χ1n) is 16.2. The van der Waals surface area contributed by atoms with Gasteiger partial charge in [-0.05, 0) is 66.0 Å². The molecule has 1 aliphatic carbocycles. The smallest absolute Gasteiger partial charge is 0.168 e. The van der Waals surface area contributed by atoms with Gasteiger partial charge in [-0.25, -0.2) is 19.9 Å². The quantitative estimate of drug-likeness (QED) is 0.183. The van der Waals surface area contributed by atoms with Crippen molar-refractivity contribution in [3.05, 3.63) is 146 Å². The Hall–Kier alpha value is -6.52. The largest absolute Gasteiger partial charge is 0.227 e. The Morgan fingerprint density at radius 1 is 0.312 bits per heavy atom. The maximum Gasteiger partial charge on any atom is 0.168 e. The topological polar surface area (TPSA) is 51.6 Å². The first-order valence-corrected chi connectivity index (χ1v) is 16.2. The first-order chi connectivity index (χ1) is 23.8. The molecule has 0 spiro atoms. The van der Waals surface area contributed by atoms with Gasteiger partial charge in [-0.15, -0.1) is 0 Å². The van der Waals surface area contributed by atoms with Crippen LogP contribution in [0.5, 0.6) is 0 Å². The summed E-state index contributed by atoms with van der Waals surface area (Å²) >= 11 is 0. The van der Waals surface area contributed by atoms with E-state index in [4.69, 9.17) is 19.9 Å². The summed E-state index contributed by atoms with van der Waals surface area (Å²) in [5.74, 6) is 1.33. The van der Waals surface area contributed by atoms with E-state index < -0.39 is 0 Å². The Morgan fingerprint density at radius 3 is 1.46 bits per heavy atom. The maximum atomic E-state index is 5.26. The highest BCUT2D eigenvalue weighted by Crippen LogP contribution is 2.46. The van der Waals surface area contributed by atoms with E-state index in [-0.39, 0.29) is 0 Å². The van der Waals surface area contributed by atoms with E-state index in [1.165, 1.54) is 43.1 Å². The van der Waals surface area contributed by atoms with Crippen LogP contribution >= 0.6 is 0 Å². The molecule has 1 aliphatic rings. The molecule has 0 atom stereocenters. The third kappa shape index (κ3) is 3.49. The zero-order chi connectivity index (χ0) is 31.3. The summed E-state index contributed by atoms with van der Waals surface area (Å²) in [5, 5.41) is 13.0. The molecule has 0 saturated carbocycles. The molecule has 0 saturated heterocycles. The lowest BCUT2D eigenvalue weighted by molar-refractivity contribution is 1.16. The second kappa shape index (κ2) is 9.50. The van der Waals surface area contributed by atoms with E-state index in [0.29, 0.717) is 17.3 Å². The van der Waals surface area contributed by atoms with E-state index >= 15 is 0 Å². The van der Waals surface area contributed by atoms with Crippen LogP contribution in [0.15, 0.2) is 146 Å². The SMILES string of the molecule is c1ccc2c(c1)-c1nc(-c3ccc4c5ccccc5c5ccccc5c4c3)nc3nc(-c4cc5ccccc5c5ccccc45)nc-2c13. The minimum atomic E-state index is 0.659. The second-order valence-corrected chi connectivity index (χ2v) is 12.6. The van der Waals surface area contributed by atoms with Crippen LogP contribution in [-0.4, -0.2) is 19.9 Å². The van der Waals surface area contributed by atoms with Gasteiger partial charge in [-0.1, -0.05) is 133 Å². The predicted octanol–water partition coefficient (Wildman–Crippen LogP) is 11.2. The van der Waals surface area contributed by atoms with E-state index in [1.807, 2.05) is 0 Å². The molecule has 0 fully saturated rings. The van der Waals surface area contributed by atoms with Crippen molar-refractivity contribution in [1.82, 2.24) is 19.9 Å².